The SMILES string of the molecule is CC[C@H](C(=O)N[C@@H](C)CC)N(Cc1cccc(OC)c1)C(=O)Cc1cccc(Cl)c1. The Kier molecular flexibility index (Phi) is 9.18. The number of amides is 2. The zero-order valence-electron chi connectivity index (χ0n) is 18.2. The van der Waals surface area contributed by atoms with E-state index in [0.29, 0.717) is 23.7 Å². The number of hydrogen-bond donors (Lipinski definition) is 1. The van der Waals surface area contributed by atoms with E-state index in [1.165, 1.54) is 0 Å². The van der Waals surface area contributed by atoms with Crippen molar-refractivity contribution in [2.45, 2.75) is 58.7 Å². The predicted molar refractivity (Wildman–Crippen MR) is 121 cm³/mol. The number of methoxy groups -OCH3 is 1. The molecular formula is C24H31ClN2O3. The molecular weight excluding hydrogens is 400 g/mol. The van der Waals surface area contributed by atoms with Crippen LogP contribution in [0.4, 0.5) is 0 Å². The molecule has 0 saturated heterocycles. The third-order valence-electron chi connectivity index (χ3n) is 5.12. The topological polar surface area (TPSA) is 58.6 Å². The molecule has 0 aliphatic carbocycles. The van der Waals surface area contributed by atoms with Crippen LogP contribution in [-0.4, -0.2) is 35.9 Å². The molecule has 2 atom stereocenters. The summed E-state index contributed by atoms with van der Waals surface area (Å²) in [6.07, 6.45) is 1.53. The molecule has 162 valence electrons. The summed E-state index contributed by atoms with van der Waals surface area (Å²) >= 11 is 6.08. The largest absolute Gasteiger partial charge is 0.497 e. The van der Waals surface area contributed by atoms with E-state index in [-0.39, 0.29) is 24.3 Å². The molecule has 0 radical (unpaired) electrons. The van der Waals surface area contributed by atoms with E-state index in [1.807, 2.05) is 57.2 Å². The number of nitrogens with zero attached hydrogens (tertiary/aromatic N) is 1. The van der Waals surface area contributed by atoms with E-state index in [2.05, 4.69) is 5.32 Å². The molecule has 0 aliphatic heterocycles. The quantitative estimate of drug-likeness (QED) is 0.598. The summed E-state index contributed by atoms with van der Waals surface area (Å²) in [7, 11) is 1.61. The van der Waals surface area contributed by atoms with Gasteiger partial charge in [0.2, 0.25) is 11.8 Å². The highest BCUT2D eigenvalue weighted by Crippen LogP contribution is 2.19. The standard InChI is InChI=1S/C24H31ClN2O3/c1-5-17(3)26-24(29)22(6-2)27(16-19-10-8-12-21(14-19)30-4)23(28)15-18-9-7-11-20(25)13-18/h7-14,17,22H,5-6,15-16H2,1-4H3,(H,26,29)/t17-,22+/m0/s1. The minimum atomic E-state index is -0.558. The van der Waals surface area contributed by atoms with Crippen molar-refractivity contribution < 1.29 is 14.3 Å². The fourth-order valence-corrected chi connectivity index (χ4v) is 3.46. The van der Waals surface area contributed by atoms with Crippen LogP contribution < -0.4 is 10.1 Å². The summed E-state index contributed by atoms with van der Waals surface area (Å²) in [6.45, 7) is 6.23. The van der Waals surface area contributed by atoms with Gasteiger partial charge in [0.1, 0.15) is 11.8 Å². The molecule has 0 bridgehead atoms. The Bertz CT molecular complexity index is 856. The number of hydrogen-bond acceptors (Lipinski definition) is 3. The molecule has 6 heteroatoms. The summed E-state index contributed by atoms with van der Waals surface area (Å²) < 4.78 is 5.31. The van der Waals surface area contributed by atoms with Gasteiger partial charge in [-0.1, -0.05) is 49.7 Å². The lowest BCUT2D eigenvalue weighted by Crippen LogP contribution is -2.51. The Morgan fingerprint density at radius 3 is 2.40 bits per heavy atom. The fraction of sp³-hybridized carbons (Fsp3) is 0.417. The van der Waals surface area contributed by atoms with Gasteiger partial charge in [-0.3, -0.25) is 9.59 Å². The number of carbonyl (C=O) groups excluding carboxylic acids is 2. The lowest BCUT2D eigenvalue weighted by atomic mass is 10.1. The number of nitrogens with one attached hydrogen (secondary N) is 1. The maximum Gasteiger partial charge on any atom is 0.243 e. The Morgan fingerprint density at radius 1 is 1.07 bits per heavy atom. The van der Waals surface area contributed by atoms with Gasteiger partial charge in [0.15, 0.2) is 0 Å². The predicted octanol–water partition coefficient (Wildman–Crippen LogP) is 4.61. The van der Waals surface area contributed by atoms with Gasteiger partial charge in [0, 0.05) is 17.6 Å². The van der Waals surface area contributed by atoms with E-state index < -0.39 is 6.04 Å². The van der Waals surface area contributed by atoms with Crippen molar-refractivity contribution in [3.63, 3.8) is 0 Å². The first-order valence-corrected chi connectivity index (χ1v) is 10.7. The van der Waals surface area contributed by atoms with Crippen molar-refractivity contribution in [2.24, 2.45) is 0 Å². The van der Waals surface area contributed by atoms with Gasteiger partial charge in [-0.25, -0.2) is 0 Å². The molecule has 2 rings (SSSR count). The van der Waals surface area contributed by atoms with Crippen LogP contribution in [0.3, 0.4) is 0 Å². The zero-order valence-corrected chi connectivity index (χ0v) is 18.9. The molecule has 2 aromatic carbocycles. The average molecular weight is 431 g/mol. The third-order valence-corrected chi connectivity index (χ3v) is 5.35. The minimum absolute atomic E-state index is 0.0493. The zero-order chi connectivity index (χ0) is 22.1. The van der Waals surface area contributed by atoms with Crippen LogP contribution in [0.15, 0.2) is 48.5 Å². The Morgan fingerprint density at radius 2 is 1.77 bits per heavy atom. The molecule has 2 amide bonds. The Balaban J connectivity index is 2.31. The number of ether oxygens (including phenoxy) is 1. The number of halogens is 1. The lowest BCUT2D eigenvalue weighted by molar-refractivity contribution is -0.141. The second-order valence-corrected chi connectivity index (χ2v) is 7.86. The van der Waals surface area contributed by atoms with E-state index in [0.717, 1.165) is 17.5 Å². The average Bonchev–Trinajstić information content (AvgIpc) is 2.73. The smallest absolute Gasteiger partial charge is 0.243 e. The van der Waals surface area contributed by atoms with Crippen molar-refractivity contribution in [2.75, 3.05) is 7.11 Å². The summed E-state index contributed by atoms with van der Waals surface area (Å²) in [5, 5.41) is 3.60. The van der Waals surface area contributed by atoms with E-state index >= 15 is 0 Å². The maximum absolute atomic E-state index is 13.3. The molecule has 2 aromatic rings. The Labute approximate surface area is 184 Å². The highest BCUT2D eigenvalue weighted by atomic mass is 35.5. The van der Waals surface area contributed by atoms with E-state index in [9.17, 15) is 9.59 Å². The van der Waals surface area contributed by atoms with Gasteiger partial charge >= 0.3 is 0 Å². The second kappa shape index (κ2) is 11.6. The third kappa shape index (κ3) is 6.77. The minimum Gasteiger partial charge on any atom is -0.497 e. The molecule has 0 saturated carbocycles. The number of benzene rings is 2. The van der Waals surface area contributed by atoms with Gasteiger partial charge in [-0.15, -0.1) is 0 Å². The summed E-state index contributed by atoms with van der Waals surface area (Å²) in [5.74, 6) is 0.465. The summed E-state index contributed by atoms with van der Waals surface area (Å²) in [6, 6.07) is 14.3. The second-order valence-electron chi connectivity index (χ2n) is 7.42. The van der Waals surface area contributed by atoms with Crippen molar-refractivity contribution in [3.8, 4) is 5.75 Å². The van der Waals surface area contributed by atoms with Crippen LogP contribution in [0.25, 0.3) is 0 Å². The van der Waals surface area contributed by atoms with Crippen LogP contribution in [0.5, 0.6) is 5.75 Å². The van der Waals surface area contributed by atoms with Crippen molar-refractivity contribution in [3.05, 3.63) is 64.7 Å². The van der Waals surface area contributed by atoms with Crippen LogP contribution in [0, 0.1) is 0 Å². The number of rotatable bonds is 10. The molecule has 0 unspecified atom stereocenters. The van der Waals surface area contributed by atoms with Gasteiger partial charge in [-0.2, -0.15) is 0 Å². The molecule has 0 aliphatic rings. The van der Waals surface area contributed by atoms with E-state index in [4.69, 9.17) is 16.3 Å². The molecule has 5 nitrogen and oxygen atoms in total. The van der Waals surface area contributed by atoms with Gasteiger partial charge < -0.3 is 15.0 Å². The first-order chi connectivity index (χ1) is 14.4. The van der Waals surface area contributed by atoms with E-state index in [1.54, 1.807) is 24.1 Å². The lowest BCUT2D eigenvalue weighted by Gasteiger charge is -2.31. The highest BCUT2D eigenvalue weighted by molar-refractivity contribution is 6.30. The first kappa shape index (κ1) is 23.7. The summed E-state index contributed by atoms with van der Waals surface area (Å²) in [5.41, 5.74) is 1.73. The summed E-state index contributed by atoms with van der Waals surface area (Å²) in [4.78, 5) is 27.9. The molecule has 1 N–H and O–H groups in total. The molecule has 0 aromatic heterocycles. The molecule has 0 heterocycles. The highest BCUT2D eigenvalue weighted by Gasteiger charge is 2.29. The molecule has 0 fully saturated rings. The fourth-order valence-electron chi connectivity index (χ4n) is 3.25. The monoisotopic (exact) mass is 430 g/mol. The Hall–Kier alpha value is -2.53. The number of carbonyl (C=O) groups is 2. The van der Waals surface area contributed by atoms with Crippen LogP contribution in [0.2, 0.25) is 5.02 Å². The van der Waals surface area contributed by atoms with Crippen molar-refractivity contribution >= 4 is 23.4 Å². The molecule has 30 heavy (non-hydrogen) atoms. The normalized spacial score (nSPS) is 12.7. The van der Waals surface area contributed by atoms with Gasteiger partial charge in [0.05, 0.1) is 13.5 Å². The van der Waals surface area contributed by atoms with Crippen LogP contribution >= 0.6 is 11.6 Å². The van der Waals surface area contributed by atoms with Crippen molar-refractivity contribution in [1.82, 2.24) is 10.2 Å². The van der Waals surface area contributed by atoms with Gasteiger partial charge in [-0.05, 0) is 55.2 Å². The van der Waals surface area contributed by atoms with Gasteiger partial charge in [0.25, 0.3) is 0 Å². The molecule has 0 spiro atoms. The maximum atomic E-state index is 13.3. The first-order valence-electron chi connectivity index (χ1n) is 10.3. The van der Waals surface area contributed by atoms with Crippen LogP contribution in [0.1, 0.15) is 44.7 Å². The van der Waals surface area contributed by atoms with Crippen molar-refractivity contribution in [1.29, 1.82) is 0 Å². The van der Waals surface area contributed by atoms with Crippen LogP contribution in [-0.2, 0) is 22.6 Å².